The van der Waals surface area contributed by atoms with Crippen molar-refractivity contribution >= 4 is 17.5 Å². The van der Waals surface area contributed by atoms with E-state index in [2.05, 4.69) is 10.6 Å². The number of hydrogen-bond acceptors (Lipinski definition) is 4. The molecule has 0 saturated carbocycles. The van der Waals surface area contributed by atoms with Crippen LogP contribution in [0.15, 0.2) is 48.5 Å². The molecule has 0 aliphatic heterocycles. The Morgan fingerprint density at radius 1 is 1.00 bits per heavy atom. The van der Waals surface area contributed by atoms with Gasteiger partial charge in [0.2, 0.25) is 0 Å². The summed E-state index contributed by atoms with van der Waals surface area (Å²) in [6.45, 7) is 6.48. The van der Waals surface area contributed by atoms with E-state index >= 15 is 0 Å². The van der Waals surface area contributed by atoms with Crippen molar-refractivity contribution in [1.82, 2.24) is 5.32 Å². The minimum atomic E-state index is -0.739. The van der Waals surface area contributed by atoms with Crippen LogP contribution in [0.2, 0.25) is 0 Å². The summed E-state index contributed by atoms with van der Waals surface area (Å²) in [6, 6.07) is 14.3. The Hall–Kier alpha value is -3.02. The maximum Gasteiger partial charge on any atom is 0.313 e. The zero-order valence-electron chi connectivity index (χ0n) is 15.2. The summed E-state index contributed by atoms with van der Waals surface area (Å²) in [5.74, 6) is -0.159. The Bertz CT molecular complexity index is 742. The smallest absolute Gasteiger partial charge is 0.313 e. The van der Waals surface area contributed by atoms with E-state index in [1.807, 2.05) is 45.0 Å². The van der Waals surface area contributed by atoms with Crippen molar-refractivity contribution in [2.45, 2.75) is 33.4 Å². The lowest BCUT2D eigenvalue weighted by Crippen LogP contribution is -2.35. The van der Waals surface area contributed by atoms with Gasteiger partial charge in [0.25, 0.3) is 0 Å². The van der Waals surface area contributed by atoms with Crippen LogP contribution < -0.4 is 20.1 Å². The van der Waals surface area contributed by atoms with Gasteiger partial charge in [-0.05, 0) is 50.6 Å². The molecule has 0 saturated heterocycles. The van der Waals surface area contributed by atoms with Crippen LogP contribution in [0.5, 0.6) is 11.5 Å². The monoisotopic (exact) mass is 356 g/mol. The van der Waals surface area contributed by atoms with Crippen molar-refractivity contribution in [3.63, 3.8) is 0 Å². The number of para-hydroxylation sites is 2. The summed E-state index contributed by atoms with van der Waals surface area (Å²) in [5.41, 5.74) is 1.33. The Morgan fingerprint density at radius 3 is 2.35 bits per heavy atom. The van der Waals surface area contributed by atoms with E-state index < -0.39 is 11.8 Å². The molecule has 26 heavy (non-hydrogen) atoms. The first-order valence-electron chi connectivity index (χ1n) is 8.56. The average Bonchev–Trinajstić information content (AvgIpc) is 2.62. The van der Waals surface area contributed by atoms with Crippen molar-refractivity contribution < 1.29 is 19.1 Å². The van der Waals surface area contributed by atoms with Crippen molar-refractivity contribution in [3.05, 3.63) is 54.1 Å². The van der Waals surface area contributed by atoms with Crippen molar-refractivity contribution in [2.24, 2.45) is 0 Å². The van der Waals surface area contributed by atoms with Gasteiger partial charge >= 0.3 is 11.8 Å². The van der Waals surface area contributed by atoms with Crippen LogP contribution in [0.25, 0.3) is 0 Å². The van der Waals surface area contributed by atoms with E-state index in [9.17, 15) is 9.59 Å². The maximum absolute atomic E-state index is 12.1. The van der Waals surface area contributed by atoms with Crippen molar-refractivity contribution in [1.29, 1.82) is 0 Å². The highest BCUT2D eigenvalue weighted by Gasteiger charge is 2.15. The molecule has 0 radical (unpaired) electrons. The van der Waals surface area contributed by atoms with E-state index in [0.29, 0.717) is 18.0 Å². The fourth-order valence-electron chi connectivity index (χ4n) is 2.25. The van der Waals surface area contributed by atoms with Gasteiger partial charge in [0.15, 0.2) is 0 Å². The zero-order chi connectivity index (χ0) is 18.9. The van der Waals surface area contributed by atoms with Crippen LogP contribution in [0.1, 0.15) is 26.3 Å². The molecule has 138 valence electrons. The summed E-state index contributed by atoms with van der Waals surface area (Å²) in [6.07, 6.45) is 0.101. The molecule has 0 aromatic heterocycles. The maximum atomic E-state index is 12.1. The number of benzene rings is 2. The molecule has 0 aliphatic rings. The standard InChI is InChI=1S/C20H24N2O4/c1-4-25-18-8-6-5-7-17(18)22-20(24)19(23)21-13-15-9-11-16(12-10-15)26-14(2)3/h5-12,14H,4,13H2,1-3H3,(H,21,23)(H,22,24). The van der Waals surface area contributed by atoms with Crippen LogP contribution in [0, 0.1) is 0 Å². The number of hydrogen-bond donors (Lipinski definition) is 2. The fourth-order valence-corrected chi connectivity index (χ4v) is 2.25. The molecule has 0 bridgehead atoms. The molecule has 0 aliphatic carbocycles. The molecule has 2 rings (SSSR count). The highest BCUT2D eigenvalue weighted by Crippen LogP contribution is 2.23. The Balaban J connectivity index is 1.88. The van der Waals surface area contributed by atoms with Gasteiger partial charge in [0.05, 0.1) is 18.4 Å². The minimum Gasteiger partial charge on any atom is -0.492 e. The first-order chi connectivity index (χ1) is 12.5. The molecule has 0 spiro atoms. The normalized spacial score (nSPS) is 10.3. The topological polar surface area (TPSA) is 76.7 Å². The van der Waals surface area contributed by atoms with Gasteiger partial charge < -0.3 is 20.1 Å². The molecule has 0 atom stereocenters. The molecule has 2 amide bonds. The van der Waals surface area contributed by atoms with Crippen molar-refractivity contribution in [2.75, 3.05) is 11.9 Å². The first kappa shape index (κ1) is 19.3. The second-order valence-electron chi connectivity index (χ2n) is 5.88. The summed E-state index contributed by atoms with van der Waals surface area (Å²) >= 11 is 0. The lowest BCUT2D eigenvalue weighted by Gasteiger charge is -2.12. The number of rotatable bonds is 7. The van der Waals surface area contributed by atoms with E-state index in [0.717, 1.165) is 11.3 Å². The van der Waals surface area contributed by atoms with Crippen molar-refractivity contribution in [3.8, 4) is 11.5 Å². The van der Waals surface area contributed by atoms with E-state index in [1.165, 1.54) is 0 Å². The molecule has 6 heteroatoms. The van der Waals surface area contributed by atoms with Crippen LogP contribution in [-0.4, -0.2) is 24.5 Å². The molecule has 0 heterocycles. The number of ether oxygens (including phenoxy) is 2. The number of amides is 2. The molecule has 2 aromatic carbocycles. The second kappa shape index (κ2) is 9.46. The van der Waals surface area contributed by atoms with Gasteiger partial charge in [-0.25, -0.2) is 0 Å². The highest BCUT2D eigenvalue weighted by molar-refractivity contribution is 6.39. The molecular weight excluding hydrogens is 332 g/mol. The quantitative estimate of drug-likeness (QED) is 0.747. The predicted octanol–water partition coefficient (Wildman–Crippen LogP) is 3.13. The summed E-state index contributed by atoms with van der Waals surface area (Å²) < 4.78 is 11.0. The predicted molar refractivity (Wildman–Crippen MR) is 100 cm³/mol. The van der Waals surface area contributed by atoms with Crippen LogP contribution >= 0.6 is 0 Å². The zero-order valence-corrected chi connectivity index (χ0v) is 15.2. The fraction of sp³-hybridized carbons (Fsp3) is 0.300. The van der Waals surface area contributed by atoms with Gasteiger partial charge in [0.1, 0.15) is 11.5 Å². The van der Waals surface area contributed by atoms with Gasteiger partial charge in [-0.15, -0.1) is 0 Å². The van der Waals surface area contributed by atoms with E-state index in [-0.39, 0.29) is 12.6 Å². The van der Waals surface area contributed by atoms with Gasteiger partial charge in [0, 0.05) is 6.54 Å². The van der Waals surface area contributed by atoms with Gasteiger partial charge in [-0.3, -0.25) is 9.59 Å². The first-order valence-corrected chi connectivity index (χ1v) is 8.56. The average molecular weight is 356 g/mol. The third-order valence-electron chi connectivity index (χ3n) is 3.39. The molecular formula is C20H24N2O4. The largest absolute Gasteiger partial charge is 0.492 e. The molecule has 0 fully saturated rings. The highest BCUT2D eigenvalue weighted by atomic mass is 16.5. The molecule has 0 unspecified atom stereocenters. The summed E-state index contributed by atoms with van der Waals surface area (Å²) in [4.78, 5) is 24.1. The summed E-state index contributed by atoms with van der Waals surface area (Å²) in [5, 5.41) is 5.16. The minimum absolute atomic E-state index is 0.101. The number of nitrogens with one attached hydrogen (secondary N) is 2. The van der Waals surface area contributed by atoms with E-state index in [4.69, 9.17) is 9.47 Å². The third-order valence-corrected chi connectivity index (χ3v) is 3.39. The molecule has 6 nitrogen and oxygen atoms in total. The van der Waals surface area contributed by atoms with Crippen LogP contribution in [0.4, 0.5) is 5.69 Å². The van der Waals surface area contributed by atoms with Gasteiger partial charge in [-0.2, -0.15) is 0 Å². The third kappa shape index (κ3) is 5.81. The SMILES string of the molecule is CCOc1ccccc1NC(=O)C(=O)NCc1ccc(OC(C)C)cc1. The Kier molecular flexibility index (Phi) is 7.02. The number of anilines is 1. The Morgan fingerprint density at radius 2 is 1.69 bits per heavy atom. The molecule has 2 N–H and O–H groups in total. The van der Waals surface area contributed by atoms with Crippen LogP contribution in [0.3, 0.4) is 0 Å². The van der Waals surface area contributed by atoms with E-state index in [1.54, 1.807) is 24.3 Å². The van der Waals surface area contributed by atoms with Gasteiger partial charge in [-0.1, -0.05) is 24.3 Å². The lowest BCUT2D eigenvalue weighted by molar-refractivity contribution is -0.136. The lowest BCUT2D eigenvalue weighted by atomic mass is 10.2. The molecule has 2 aromatic rings. The summed E-state index contributed by atoms with van der Waals surface area (Å²) in [7, 11) is 0. The number of carbonyl (C=O) groups is 2. The second-order valence-corrected chi connectivity index (χ2v) is 5.88. The van der Waals surface area contributed by atoms with Crippen LogP contribution in [-0.2, 0) is 16.1 Å². The Labute approximate surface area is 153 Å². The number of carbonyl (C=O) groups excluding carboxylic acids is 2.